The van der Waals surface area contributed by atoms with Crippen molar-refractivity contribution in [2.24, 2.45) is 5.92 Å². The quantitative estimate of drug-likeness (QED) is 0.569. The van der Waals surface area contributed by atoms with Crippen LogP contribution in [0.25, 0.3) is 5.65 Å². The first-order valence-electron chi connectivity index (χ1n) is 11.3. The van der Waals surface area contributed by atoms with Gasteiger partial charge in [-0.25, -0.2) is 4.98 Å². The SMILES string of the molecule is COc1ccc(CNC(=O)CCC2CCCN(C(=O)c3cn4ccccc4n3)C2)c(OC)c1. The number of benzene rings is 1. The van der Waals surface area contributed by atoms with E-state index in [4.69, 9.17) is 9.47 Å². The summed E-state index contributed by atoms with van der Waals surface area (Å²) in [5, 5.41) is 2.97. The summed E-state index contributed by atoms with van der Waals surface area (Å²) < 4.78 is 12.5. The Bertz CT molecular complexity index is 1090. The van der Waals surface area contributed by atoms with E-state index in [1.165, 1.54) is 0 Å². The van der Waals surface area contributed by atoms with E-state index in [0.29, 0.717) is 42.6 Å². The second-order valence-corrected chi connectivity index (χ2v) is 8.34. The maximum atomic E-state index is 13.0. The topological polar surface area (TPSA) is 85.2 Å². The summed E-state index contributed by atoms with van der Waals surface area (Å²) in [5.41, 5.74) is 2.13. The molecule has 1 unspecified atom stereocenters. The lowest BCUT2D eigenvalue weighted by atomic mass is 9.93. The number of amides is 2. The number of nitrogens with zero attached hydrogens (tertiary/aromatic N) is 3. The zero-order valence-corrected chi connectivity index (χ0v) is 19.1. The van der Waals surface area contributed by atoms with Crippen molar-refractivity contribution in [3.63, 3.8) is 0 Å². The predicted octanol–water partition coefficient (Wildman–Crippen LogP) is 3.30. The minimum Gasteiger partial charge on any atom is -0.497 e. The number of hydrogen-bond donors (Lipinski definition) is 1. The molecule has 2 aromatic heterocycles. The maximum Gasteiger partial charge on any atom is 0.274 e. The number of methoxy groups -OCH3 is 2. The van der Waals surface area contributed by atoms with E-state index in [9.17, 15) is 9.59 Å². The average Bonchev–Trinajstić information content (AvgIpc) is 3.30. The Morgan fingerprint density at radius 3 is 2.85 bits per heavy atom. The summed E-state index contributed by atoms with van der Waals surface area (Å²) in [6, 6.07) is 11.2. The van der Waals surface area contributed by atoms with Crippen LogP contribution in [0.3, 0.4) is 0 Å². The smallest absolute Gasteiger partial charge is 0.274 e. The van der Waals surface area contributed by atoms with Crippen molar-refractivity contribution in [3.05, 3.63) is 60.0 Å². The first-order chi connectivity index (χ1) is 16.1. The zero-order chi connectivity index (χ0) is 23.2. The zero-order valence-electron chi connectivity index (χ0n) is 19.1. The van der Waals surface area contributed by atoms with Crippen LogP contribution in [0, 0.1) is 5.92 Å². The molecule has 0 radical (unpaired) electrons. The van der Waals surface area contributed by atoms with Crippen molar-refractivity contribution < 1.29 is 19.1 Å². The summed E-state index contributed by atoms with van der Waals surface area (Å²) in [4.78, 5) is 31.7. The van der Waals surface area contributed by atoms with Gasteiger partial charge in [-0.2, -0.15) is 0 Å². The molecule has 1 aromatic carbocycles. The minimum absolute atomic E-state index is 0.00308. The van der Waals surface area contributed by atoms with Crippen molar-refractivity contribution in [2.45, 2.75) is 32.2 Å². The molecule has 3 aromatic rings. The van der Waals surface area contributed by atoms with E-state index in [2.05, 4.69) is 10.3 Å². The molecule has 3 heterocycles. The number of ether oxygens (including phenoxy) is 2. The first kappa shape index (κ1) is 22.6. The Balaban J connectivity index is 1.27. The molecule has 174 valence electrons. The highest BCUT2D eigenvalue weighted by Crippen LogP contribution is 2.25. The second-order valence-electron chi connectivity index (χ2n) is 8.34. The van der Waals surface area contributed by atoms with Crippen LogP contribution < -0.4 is 14.8 Å². The van der Waals surface area contributed by atoms with Gasteiger partial charge in [0.05, 0.1) is 14.2 Å². The Kier molecular flexibility index (Phi) is 7.12. The Morgan fingerprint density at radius 2 is 2.06 bits per heavy atom. The lowest BCUT2D eigenvalue weighted by Crippen LogP contribution is -2.40. The van der Waals surface area contributed by atoms with Gasteiger partial charge in [0.25, 0.3) is 5.91 Å². The summed E-state index contributed by atoms with van der Waals surface area (Å²) in [6.07, 6.45) is 6.81. The number of hydrogen-bond acceptors (Lipinski definition) is 5. The summed E-state index contributed by atoms with van der Waals surface area (Å²) >= 11 is 0. The molecule has 0 saturated carbocycles. The standard InChI is InChI=1S/C25H30N4O4/c1-32-20-10-9-19(22(14-20)33-2)15-26-24(30)11-8-18-6-5-13-29(16-18)25(31)21-17-28-12-4-3-7-23(28)27-21/h3-4,7,9-10,12,14,17-18H,5-6,8,11,13,15-16H2,1-2H3,(H,26,30). The van der Waals surface area contributed by atoms with E-state index in [1.807, 2.05) is 45.8 Å². The third-order valence-corrected chi connectivity index (χ3v) is 6.14. The number of aromatic nitrogens is 2. The van der Waals surface area contributed by atoms with Crippen LogP contribution in [0.4, 0.5) is 0 Å². The van der Waals surface area contributed by atoms with E-state index < -0.39 is 0 Å². The van der Waals surface area contributed by atoms with E-state index in [1.54, 1.807) is 26.5 Å². The Labute approximate surface area is 193 Å². The van der Waals surface area contributed by atoms with Gasteiger partial charge >= 0.3 is 0 Å². The number of pyridine rings is 1. The Morgan fingerprint density at radius 1 is 1.18 bits per heavy atom. The van der Waals surface area contributed by atoms with Crippen molar-refractivity contribution in [2.75, 3.05) is 27.3 Å². The lowest BCUT2D eigenvalue weighted by Gasteiger charge is -2.32. The molecule has 1 aliphatic heterocycles. The highest BCUT2D eigenvalue weighted by molar-refractivity contribution is 5.93. The molecule has 2 amide bonds. The molecule has 4 rings (SSSR count). The summed E-state index contributed by atoms with van der Waals surface area (Å²) in [5.74, 6) is 1.65. The molecule has 33 heavy (non-hydrogen) atoms. The number of piperidine rings is 1. The molecule has 1 saturated heterocycles. The molecule has 0 bridgehead atoms. The van der Waals surface area contributed by atoms with Crippen LogP contribution in [0.5, 0.6) is 11.5 Å². The molecule has 8 heteroatoms. The van der Waals surface area contributed by atoms with Gasteiger partial charge in [0.15, 0.2) is 0 Å². The maximum absolute atomic E-state index is 13.0. The number of carbonyl (C=O) groups is 2. The number of rotatable bonds is 8. The number of carbonyl (C=O) groups excluding carboxylic acids is 2. The molecular weight excluding hydrogens is 420 g/mol. The van der Waals surface area contributed by atoms with Crippen LogP contribution in [-0.4, -0.2) is 53.4 Å². The highest BCUT2D eigenvalue weighted by Gasteiger charge is 2.26. The average molecular weight is 451 g/mol. The third kappa shape index (κ3) is 5.45. The van der Waals surface area contributed by atoms with Crippen molar-refractivity contribution in [1.29, 1.82) is 0 Å². The van der Waals surface area contributed by atoms with Crippen molar-refractivity contribution >= 4 is 17.5 Å². The molecular formula is C25H30N4O4. The number of likely N-dealkylation sites (tertiary alicyclic amines) is 1. The molecule has 0 spiro atoms. The fourth-order valence-electron chi connectivity index (χ4n) is 4.30. The monoisotopic (exact) mass is 450 g/mol. The highest BCUT2D eigenvalue weighted by atomic mass is 16.5. The fraction of sp³-hybridized carbons (Fsp3) is 0.400. The van der Waals surface area contributed by atoms with Gasteiger partial charge in [0, 0.05) is 50.1 Å². The van der Waals surface area contributed by atoms with Gasteiger partial charge in [-0.1, -0.05) is 6.07 Å². The molecule has 0 aliphatic carbocycles. The van der Waals surface area contributed by atoms with Gasteiger partial charge in [-0.3, -0.25) is 9.59 Å². The van der Waals surface area contributed by atoms with Gasteiger partial charge < -0.3 is 24.1 Å². The molecule has 1 fully saturated rings. The fourth-order valence-corrected chi connectivity index (χ4v) is 4.30. The third-order valence-electron chi connectivity index (χ3n) is 6.14. The van der Waals surface area contributed by atoms with E-state index >= 15 is 0 Å². The van der Waals surface area contributed by atoms with E-state index in [0.717, 1.165) is 37.0 Å². The van der Waals surface area contributed by atoms with Crippen LogP contribution in [-0.2, 0) is 11.3 Å². The van der Waals surface area contributed by atoms with Gasteiger partial charge in [0.1, 0.15) is 22.8 Å². The predicted molar refractivity (Wildman–Crippen MR) is 124 cm³/mol. The molecule has 1 N–H and O–H groups in total. The van der Waals surface area contributed by atoms with Gasteiger partial charge in [0.2, 0.25) is 5.91 Å². The van der Waals surface area contributed by atoms with Gasteiger partial charge in [-0.15, -0.1) is 0 Å². The lowest BCUT2D eigenvalue weighted by molar-refractivity contribution is -0.121. The van der Waals surface area contributed by atoms with E-state index in [-0.39, 0.29) is 11.8 Å². The van der Waals surface area contributed by atoms with Crippen LogP contribution in [0.15, 0.2) is 48.8 Å². The second kappa shape index (κ2) is 10.4. The summed E-state index contributed by atoms with van der Waals surface area (Å²) in [6.45, 7) is 1.79. The number of fused-ring (bicyclic) bond motifs is 1. The van der Waals surface area contributed by atoms with Crippen molar-refractivity contribution in [1.82, 2.24) is 19.6 Å². The molecule has 1 atom stereocenters. The van der Waals surface area contributed by atoms with Crippen LogP contribution in [0.1, 0.15) is 41.7 Å². The normalized spacial score (nSPS) is 15.9. The molecule has 1 aliphatic rings. The number of imidazole rings is 1. The van der Waals surface area contributed by atoms with Crippen LogP contribution >= 0.6 is 0 Å². The molecule has 8 nitrogen and oxygen atoms in total. The van der Waals surface area contributed by atoms with Gasteiger partial charge in [-0.05, 0) is 49.4 Å². The number of nitrogens with one attached hydrogen (secondary N) is 1. The minimum atomic E-state index is -0.0422. The van der Waals surface area contributed by atoms with Crippen LogP contribution in [0.2, 0.25) is 0 Å². The van der Waals surface area contributed by atoms with Crippen molar-refractivity contribution in [3.8, 4) is 11.5 Å². The summed E-state index contributed by atoms with van der Waals surface area (Å²) in [7, 11) is 3.20. The largest absolute Gasteiger partial charge is 0.497 e. The first-order valence-corrected chi connectivity index (χ1v) is 11.3. The Hall–Kier alpha value is -3.55.